The average Bonchev–Trinajstić information content (AvgIpc) is 3.15. The second-order valence-electron chi connectivity index (χ2n) is 9.42. The van der Waals surface area contributed by atoms with Crippen LogP contribution in [0.25, 0.3) is 10.2 Å². The lowest BCUT2D eigenvalue weighted by Gasteiger charge is -2.18. The van der Waals surface area contributed by atoms with Crippen molar-refractivity contribution in [2.24, 2.45) is 0 Å². The monoisotopic (exact) mass is 467 g/mol. The van der Waals surface area contributed by atoms with Gasteiger partial charge < -0.3 is 14.8 Å². The SMILES string of the molecule is Cc1c(C(=O)NCCOc2cccc3c2OC(C)(C)C3)sc2nc3n(c(=O)c12)CCCCC3. The Hall–Kier alpha value is -2.87. The van der Waals surface area contributed by atoms with Crippen molar-refractivity contribution in [3.05, 3.63) is 50.4 Å². The minimum atomic E-state index is -0.236. The molecule has 0 atom stereocenters. The molecule has 33 heavy (non-hydrogen) atoms. The standard InChI is InChI=1S/C25H29N3O4S/c1-15-19-23(27-18-10-5-4-6-12-28(18)24(19)30)33-21(15)22(29)26-11-13-31-17-9-7-8-16-14-25(2,3)32-20(16)17/h7-9H,4-6,10-14H2,1-3H3,(H,26,29). The fraction of sp³-hybridized carbons (Fsp3) is 0.480. The molecule has 8 heteroatoms. The maximum atomic E-state index is 13.1. The number of benzene rings is 1. The quantitative estimate of drug-likeness (QED) is 0.573. The van der Waals surface area contributed by atoms with E-state index in [2.05, 4.69) is 25.2 Å². The summed E-state index contributed by atoms with van der Waals surface area (Å²) in [6.45, 7) is 7.33. The van der Waals surface area contributed by atoms with E-state index in [1.807, 2.05) is 19.1 Å². The molecule has 0 radical (unpaired) electrons. The molecule has 0 saturated carbocycles. The first-order valence-corrected chi connectivity index (χ1v) is 12.4. The molecular weight excluding hydrogens is 438 g/mol. The fourth-order valence-electron chi connectivity index (χ4n) is 4.73. The van der Waals surface area contributed by atoms with Gasteiger partial charge in [0, 0.05) is 24.9 Å². The van der Waals surface area contributed by atoms with Crippen LogP contribution < -0.4 is 20.3 Å². The van der Waals surface area contributed by atoms with Gasteiger partial charge in [0.2, 0.25) is 0 Å². The van der Waals surface area contributed by atoms with Gasteiger partial charge in [-0.3, -0.25) is 14.2 Å². The van der Waals surface area contributed by atoms with Gasteiger partial charge in [-0.05, 0) is 45.2 Å². The van der Waals surface area contributed by atoms with Crippen LogP contribution in [0.15, 0.2) is 23.0 Å². The summed E-state index contributed by atoms with van der Waals surface area (Å²) < 4.78 is 13.7. The molecular formula is C25H29N3O4S. The molecule has 1 N–H and O–H groups in total. The number of fused-ring (bicyclic) bond motifs is 3. The Kier molecular flexibility index (Phi) is 5.64. The van der Waals surface area contributed by atoms with E-state index in [9.17, 15) is 9.59 Å². The lowest BCUT2D eigenvalue weighted by atomic mass is 10.0. The van der Waals surface area contributed by atoms with Gasteiger partial charge >= 0.3 is 0 Å². The van der Waals surface area contributed by atoms with Crippen LogP contribution in [-0.4, -0.2) is 34.2 Å². The van der Waals surface area contributed by atoms with Crippen LogP contribution in [0.3, 0.4) is 0 Å². The molecule has 1 aromatic carbocycles. The van der Waals surface area contributed by atoms with E-state index in [-0.39, 0.29) is 17.1 Å². The Balaban J connectivity index is 1.27. The van der Waals surface area contributed by atoms with Crippen LogP contribution >= 0.6 is 11.3 Å². The van der Waals surface area contributed by atoms with Crippen molar-refractivity contribution >= 4 is 27.5 Å². The van der Waals surface area contributed by atoms with Crippen molar-refractivity contribution in [2.75, 3.05) is 13.2 Å². The predicted molar refractivity (Wildman–Crippen MR) is 129 cm³/mol. The van der Waals surface area contributed by atoms with E-state index in [0.717, 1.165) is 49.2 Å². The number of rotatable bonds is 5. The maximum Gasteiger partial charge on any atom is 0.262 e. The molecule has 0 fully saturated rings. The number of carbonyl (C=O) groups excluding carboxylic acids is 1. The minimum absolute atomic E-state index is 0.0195. The third kappa shape index (κ3) is 4.12. The molecule has 7 nitrogen and oxygen atoms in total. The second kappa shape index (κ2) is 8.48. The molecule has 0 aliphatic carbocycles. The molecule has 0 spiro atoms. The van der Waals surface area contributed by atoms with Crippen LogP contribution in [0, 0.1) is 6.92 Å². The number of amides is 1. The van der Waals surface area contributed by atoms with E-state index in [4.69, 9.17) is 14.5 Å². The van der Waals surface area contributed by atoms with Gasteiger partial charge in [-0.1, -0.05) is 18.6 Å². The number of aromatic nitrogens is 2. The lowest BCUT2D eigenvalue weighted by molar-refractivity contribution is 0.0950. The van der Waals surface area contributed by atoms with E-state index < -0.39 is 0 Å². The number of ether oxygens (including phenoxy) is 2. The van der Waals surface area contributed by atoms with Gasteiger partial charge in [-0.2, -0.15) is 0 Å². The van der Waals surface area contributed by atoms with Gasteiger partial charge in [0.15, 0.2) is 11.5 Å². The molecule has 2 aliphatic rings. The van der Waals surface area contributed by atoms with Crippen molar-refractivity contribution in [3.8, 4) is 11.5 Å². The summed E-state index contributed by atoms with van der Waals surface area (Å²) in [4.78, 5) is 31.9. The van der Waals surface area contributed by atoms with Crippen molar-refractivity contribution in [3.63, 3.8) is 0 Å². The zero-order valence-corrected chi connectivity index (χ0v) is 20.1. The third-order valence-corrected chi connectivity index (χ3v) is 7.50. The highest BCUT2D eigenvalue weighted by atomic mass is 32.1. The Labute approximate surface area is 196 Å². The van der Waals surface area contributed by atoms with Crippen molar-refractivity contribution in [1.82, 2.24) is 14.9 Å². The first-order chi connectivity index (χ1) is 15.8. The number of para-hydroxylation sites is 1. The highest BCUT2D eigenvalue weighted by Gasteiger charge is 2.32. The molecule has 0 saturated heterocycles. The third-order valence-electron chi connectivity index (χ3n) is 6.32. The number of carbonyl (C=O) groups is 1. The van der Waals surface area contributed by atoms with E-state index in [0.29, 0.717) is 46.1 Å². The summed E-state index contributed by atoms with van der Waals surface area (Å²) in [5.74, 6) is 2.13. The molecule has 2 aromatic heterocycles. The van der Waals surface area contributed by atoms with Crippen LogP contribution in [0.5, 0.6) is 11.5 Å². The van der Waals surface area contributed by atoms with E-state index in [1.54, 1.807) is 4.57 Å². The van der Waals surface area contributed by atoms with Crippen molar-refractivity contribution in [1.29, 1.82) is 0 Å². The number of nitrogens with zero attached hydrogens (tertiary/aromatic N) is 2. The Bertz CT molecular complexity index is 1290. The van der Waals surface area contributed by atoms with Crippen LogP contribution in [0.4, 0.5) is 0 Å². The van der Waals surface area contributed by atoms with Gasteiger partial charge in [-0.25, -0.2) is 4.98 Å². The molecule has 3 aromatic rings. The normalized spacial score (nSPS) is 16.6. The van der Waals surface area contributed by atoms with Gasteiger partial charge in [-0.15, -0.1) is 11.3 Å². The summed E-state index contributed by atoms with van der Waals surface area (Å²) in [6.07, 6.45) is 4.80. The van der Waals surface area contributed by atoms with Crippen LogP contribution in [0.2, 0.25) is 0 Å². The maximum absolute atomic E-state index is 13.1. The summed E-state index contributed by atoms with van der Waals surface area (Å²) in [5.41, 5.74) is 1.59. The zero-order chi connectivity index (χ0) is 23.2. The molecule has 4 heterocycles. The highest BCUT2D eigenvalue weighted by molar-refractivity contribution is 7.20. The number of hydrogen-bond donors (Lipinski definition) is 1. The van der Waals surface area contributed by atoms with E-state index in [1.165, 1.54) is 11.3 Å². The highest BCUT2D eigenvalue weighted by Crippen LogP contribution is 2.41. The molecule has 0 bridgehead atoms. The largest absolute Gasteiger partial charge is 0.488 e. The summed E-state index contributed by atoms with van der Waals surface area (Å²) in [6, 6.07) is 5.91. The number of hydrogen-bond acceptors (Lipinski definition) is 6. The van der Waals surface area contributed by atoms with Crippen LogP contribution in [0.1, 0.15) is 59.7 Å². The van der Waals surface area contributed by atoms with Crippen LogP contribution in [-0.2, 0) is 19.4 Å². The number of thiophene rings is 1. The molecule has 1 amide bonds. The van der Waals surface area contributed by atoms with Gasteiger partial charge in [0.1, 0.15) is 22.9 Å². The molecule has 174 valence electrons. The number of nitrogens with one attached hydrogen (secondary N) is 1. The molecule has 5 rings (SSSR count). The van der Waals surface area contributed by atoms with Crippen molar-refractivity contribution in [2.45, 2.75) is 65.0 Å². The lowest BCUT2D eigenvalue weighted by Crippen LogP contribution is -2.28. The smallest absolute Gasteiger partial charge is 0.262 e. The summed E-state index contributed by atoms with van der Waals surface area (Å²) in [7, 11) is 0. The predicted octanol–water partition coefficient (Wildman–Crippen LogP) is 4.02. The number of aryl methyl sites for hydroxylation is 2. The molecule has 2 aliphatic heterocycles. The average molecular weight is 468 g/mol. The fourth-order valence-corrected chi connectivity index (χ4v) is 5.84. The minimum Gasteiger partial charge on any atom is -0.488 e. The molecule has 0 unspecified atom stereocenters. The van der Waals surface area contributed by atoms with Gasteiger partial charge in [0.05, 0.1) is 16.8 Å². The first-order valence-electron chi connectivity index (χ1n) is 11.6. The summed E-state index contributed by atoms with van der Waals surface area (Å²) >= 11 is 1.30. The van der Waals surface area contributed by atoms with Gasteiger partial charge in [0.25, 0.3) is 11.5 Å². The zero-order valence-electron chi connectivity index (χ0n) is 19.3. The second-order valence-corrected chi connectivity index (χ2v) is 10.4. The Morgan fingerprint density at radius 3 is 3.00 bits per heavy atom. The Morgan fingerprint density at radius 1 is 1.30 bits per heavy atom. The van der Waals surface area contributed by atoms with E-state index >= 15 is 0 Å². The Morgan fingerprint density at radius 2 is 2.15 bits per heavy atom. The first kappa shape index (κ1) is 21.9. The summed E-state index contributed by atoms with van der Waals surface area (Å²) in [5, 5.41) is 3.50. The van der Waals surface area contributed by atoms with Crippen molar-refractivity contribution < 1.29 is 14.3 Å². The topological polar surface area (TPSA) is 82.4 Å².